The Hall–Kier alpha value is -1.79. The van der Waals surface area contributed by atoms with Crippen molar-refractivity contribution in [3.63, 3.8) is 0 Å². The number of rotatable bonds is 3. The Morgan fingerprint density at radius 1 is 0.933 bits per heavy atom. The summed E-state index contributed by atoms with van der Waals surface area (Å²) in [5.74, 6) is 3.22. The number of nitrogens with zero attached hydrogens (tertiary/aromatic N) is 3. The van der Waals surface area contributed by atoms with E-state index in [4.69, 9.17) is 27.9 Å². The predicted molar refractivity (Wildman–Crippen MR) is 121 cm³/mol. The molecule has 3 aromatic rings. The van der Waals surface area contributed by atoms with Gasteiger partial charge in [0.1, 0.15) is 11.6 Å². The fourth-order valence-electron chi connectivity index (χ4n) is 4.37. The molecule has 1 aliphatic carbocycles. The smallest absolute Gasteiger partial charge is 0.151 e. The minimum absolute atomic E-state index is 0. The van der Waals surface area contributed by atoms with Crippen LogP contribution in [0.2, 0.25) is 10.0 Å². The molecule has 0 atom stereocenters. The van der Waals surface area contributed by atoms with Crippen molar-refractivity contribution in [1.29, 1.82) is 0 Å². The zero-order valence-electron chi connectivity index (χ0n) is 16.4. The second kappa shape index (κ2) is 9.15. The minimum atomic E-state index is 0. The molecule has 5 nitrogen and oxygen atoms in total. The molecule has 0 saturated heterocycles. The summed E-state index contributed by atoms with van der Waals surface area (Å²) in [5, 5.41) is 14.0. The van der Waals surface area contributed by atoms with Crippen LogP contribution >= 0.6 is 35.6 Å². The van der Waals surface area contributed by atoms with E-state index in [9.17, 15) is 0 Å². The van der Waals surface area contributed by atoms with Gasteiger partial charge in [0.2, 0.25) is 0 Å². The molecule has 2 aliphatic rings. The summed E-state index contributed by atoms with van der Waals surface area (Å²) in [6.07, 6.45) is 4.25. The number of nitrogens with one attached hydrogen (secondary N) is 1. The van der Waals surface area contributed by atoms with Gasteiger partial charge in [0.15, 0.2) is 5.82 Å². The average molecular weight is 466 g/mol. The van der Waals surface area contributed by atoms with Crippen LogP contribution in [0.25, 0.3) is 5.69 Å². The van der Waals surface area contributed by atoms with E-state index < -0.39 is 0 Å². The maximum absolute atomic E-state index is 6.22. The molecule has 30 heavy (non-hydrogen) atoms. The summed E-state index contributed by atoms with van der Waals surface area (Å²) >= 11 is 12.3. The Bertz CT molecular complexity index is 1030. The van der Waals surface area contributed by atoms with Gasteiger partial charge < -0.3 is 10.1 Å². The highest BCUT2D eigenvalue weighted by Crippen LogP contribution is 2.36. The normalized spacial score (nSPS) is 20.5. The van der Waals surface area contributed by atoms with Gasteiger partial charge in [-0.05, 0) is 67.6 Å². The molecule has 1 saturated carbocycles. The average Bonchev–Trinajstić information content (AvgIpc) is 3.04. The Kier molecular flexibility index (Phi) is 6.54. The van der Waals surface area contributed by atoms with Gasteiger partial charge >= 0.3 is 0 Å². The number of aromatic nitrogens is 3. The summed E-state index contributed by atoms with van der Waals surface area (Å²) in [7, 11) is 0. The maximum atomic E-state index is 6.22. The van der Waals surface area contributed by atoms with E-state index in [0.29, 0.717) is 17.5 Å². The van der Waals surface area contributed by atoms with Crippen molar-refractivity contribution in [2.75, 3.05) is 0 Å². The first-order valence-electron chi connectivity index (χ1n) is 10.0. The van der Waals surface area contributed by atoms with E-state index in [1.165, 1.54) is 5.56 Å². The van der Waals surface area contributed by atoms with Crippen LogP contribution in [0.15, 0.2) is 42.5 Å². The lowest BCUT2D eigenvalue weighted by Crippen LogP contribution is -2.25. The first kappa shape index (κ1) is 21.4. The van der Waals surface area contributed by atoms with E-state index in [0.717, 1.165) is 60.3 Å². The highest BCUT2D eigenvalue weighted by molar-refractivity contribution is 6.31. The zero-order chi connectivity index (χ0) is 19.8. The quantitative estimate of drug-likeness (QED) is 0.539. The Morgan fingerprint density at radius 2 is 1.73 bits per heavy atom. The summed E-state index contributed by atoms with van der Waals surface area (Å²) in [4.78, 5) is 0. The predicted octanol–water partition coefficient (Wildman–Crippen LogP) is 5.70. The van der Waals surface area contributed by atoms with Crippen LogP contribution in [0.3, 0.4) is 0 Å². The highest BCUT2D eigenvalue weighted by Gasteiger charge is 2.30. The number of halogens is 3. The van der Waals surface area contributed by atoms with Crippen molar-refractivity contribution in [3.8, 4) is 11.4 Å². The first-order valence-corrected chi connectivity index (χ1v) is 10.8. The molecule has 8 heteroatoms. The monoisotopic (exact) mass is 464 g/mol. The fraction of sp³-hybridized carbons (Fsp3) is 0.364. The Labute approximate surface area is 192 Å². The van der Waals surface area contributed by atoms with Gasteiger partial charge in [-0.2, -0.15) is 0 Å². The van der Waals surface area contributed by atoms with Crippen LogP contribution in [0, 0.1) is 0 Å². The van der Waals surface area contributed by atoms with Crippen molar-refractivity contribution in [3.05, 3.63) is 69.7 Å². The van der Waals surface area contributed by atoms with Gasteiger partial charge in [-0.25, -0.2) is 0 Å². The maximum Gasteiger partial charge on any atom is 0.151 e. The molecule has 5 rings (SSSR count). The molecule has 1 aliphatic heterocycles. The molecule has 0 amide bonds. The molecule has 0 spiro atoms. The highest BCUT2D eigenvalue weighted by atomic mass is 35.5. The van der Waals surface area contributed by atoms with Gasteiger partial charge in [-0.15, -0.1) is 22.6 Å². The Balaban J connectivity index is 0.00000218. The van der Waals surface area contributed by atoms with Crippen LogP contribution in [-0.4, -0.2) is 20.9 Å². The molecule has 1 aromatic heterocycles. The van der Waals surface area contributed by atoms with Gasteiger partial charge in [0, 0.05) is 22.5 Å². The Morgan fingerprint density at radius 3 is 2.53 bits per heavy atom. The third-order valence-electron chi connectivity index (χ3n) is 5.77. The number of fused-ring (bicyclic) bond motifs is 3. The van der Waals surface area contributed by atoms with E-state index in [2.05, 4.69) is 26.1 Å². The SMILES string of the molecule is Cl.Clc1cccc(OC2CCC(c3nnc4n3-c3ccc(Cl)cc3CNC4)CC2)c1. The van der Waals surface area contributed by atoms with Crippen molar-refractivity contribution in [2.24, 2.45) is 0 Å². The van der Waals surface area contributed by atoms with Crippen LogP contribution in [-0.2, 0) is 13.1 Å². The van der Waals surface area contributed by atoms with Crippen LogP contribution < -0.4 is 10.1 Å². The molecule has 2 aromatic carbocycles. The lowest BCUT2D eigenvalue weighted by molar-refractivity contribution is 0.144. The molecule has 1 N–H and O–H groups in total. The largest absolute Gasteiger partial charge is 0.490 e. The number of hydrogen-bond donors (Lipinski definition) is 1. The zero-order valence-corrected chi connectivity index (χ0v) is 18.7. The lowest BCUT2D eigenvalue weighted by Gasteiger charge is -2.29. The molecule has 158 valence electrons. The summed E-state index contributed by atoms with van der Waals surface area (Å²) in [5.41, 5.74) is 2.31. The van der Waals surface area contributed by atoms with Crippen LogP contribution in [0.4, 0.5) is 0 Å². The number of hydrogen-bond acceptors (Lipinski definition) is 4. The molecular formula is C22H23Cl3N4O. The molecular weight excluding hydrogens is 443 g/mol. The molecule has 0 unspecified atom stereocenters. The van der Waals surface area contributed by atoms with E-state index in [-0.39, 0.29) is 18.5 Å². The van der Waals surface area contributed by atoms with Crippen LogP contribution in [0.5, 0.6) is 5.75 Å². The fourth-order valence-corrected chi connectivity index (χ4v) is 4.74. The van der Waals surface area contributed by atoms with Gasteiger partial charge in [-0.1, -0.05) is 29.3 Å². The van der Waals surface area contributed by atoms with Crippen molar-refractivity contribution in [1.82, 2.24) is 20.1 Å². The molecule has 0 radical (unpaired) electrons. The minimum Gasteiger partial charge on any atom is -0.490 e. The van der Waals surface area contributed by atoms with E-state index >= 15 is 0 Å². The van der Waals surface area contributed by atoms with Gasteiger partial charge in [0.25, 0.3) is 0 Å². The third-order valence-corrected chi connectivity index (χ3v) is 6.24. The number of benzene rings is 2. The second-order valence-electron chi connectivity index (χ2n) is 7.74. The summed E-state index contributed by atoms with van der Waals surface area (Å²) in [6.45, 7) is 1.48. The first-order chi connectivity index (χ1) is 14.2. The molecule has 2 heterocycles. The topological polar surface area (TPSA) is 52.0 Å². The third kappa shape index (κ3) is 4.30. The van der Waals surface area contributed by atoms with Crippen LogP contribution in [0.1, 0.15) is 48.8 Å². The second-order valence-corrected chi connectivity index (χ2v) is 8.61. The van der Waals surface area contributed by atoms with Gasteiger partial charge in [0.05, 0.1) is 18.3 Å². The number of ether oxygens (including phenoxy) is 1. The van der Waals surface area contributed by atoms with Gasteiger partial charge in [-0.3, -0.25) is 4.57 Å². The summed E-state index contributed by atoms with van der Waals surface area (Å²) < 4.78 is 8.38. The lowest BCUT2D eigenvalue weighted by atomic mass is 9.86. The molecule has 1 fully saturated rings. The van der Waals surface area contributed by atoms with Crippen molar-refractivity contribution < 1.29 is 4.74 Å². The van der Waals surface area contributed by atoms with E-state index in [1.807, 2.05) is 36.4 Å². The van der Waals surface area contributed by atoms with Crippen molar-refractivity contribution >= 4 is 35.6 Å². The van der Waals surface area contributed by atoms with Crippen molar-refractivity contribution in [2.45, 2.75) is 50.8 Å². The summed E-state index contributed by atoms with van der Waals surface area (Å²) in [6, 6.07) is 13.7. The van der Waals surface area contributed by atoms with E-state index in [1.54, 1.807) is 0 Å². The standard InChI is InChI=1S/C22H22Cl2N4O.ClH/c23-16-2-1-3-19(11-16)29-18-7-4-14(5-8-18)22-27-26-21-13-25-12-15-10-17(24)6-9-20(15)28(21)22;/h1-3,6,9-11,14,18,25H,4-5,7-8,12-13H2;1H. The molecule has 0 bridgehead atoms.